The average Bonchev–Trinajstić information content (AvgIpc) is 2.36. The number of nitrogens with one attached hydrogen (secondary N) is 1. The molecule has 1 saturated heterocycles. The number of carbonyl (C=O) groups excluding carboxylic acids is 2. The Bertz CT molecular complexity index is 345. The maximum Gasteiger partial charge on any atom is 0.319 e. The summed E-state index contributed by atoms with van der Waals surface area (Å²) in [5, 5.41) is 12.2. The fourth-order valence-electron chi connectivity index (χ4n) is 2.64. The molecule has 19 heavy (non-hydrogen) atoms. The van der Waals surface area contributed by atoms with Crippen molar-refractivity contribution in [2.75, 3.05) is 27.2 Å². The Balaban J connectivity index is 1.73. The Morgan fingerprint density at radius 3 is 2.26 bits per heavy atom. The Kier molecular flexibility index (Phi) is 4.29. The van der Waals surface area contributed by atoms with Crippen LogP contribution in [-0.4, -0.2) is 66.2 Å². The minimum Gasteiger partial charge on any atom is -0.393 e. The number of aliphatic hydroxyl groups is 1. The van der Waals surface area contributed by atoms with E-state index in [9.17, 15) is 14.7 Å². The fraction of sp³-hybridized carbons (Fsp3) is 0.846. The summed E-state index contributed by atoms with van der Waals surface area (Å²) in [7, 11) is 3.48. The SMILES string of the molecule is CN(C)C(=O)N1CCC(C(=O)NC2CC(O)C2)CC1. The van der Waals surface area contributed by atoms with Gasteiger partial charge in [-0.15, -0.1) is 0 Å². The van der Waals surface area contributed by atoms with Gasteiger partial charge >= 0.3 is 6.03 Å². The highest BCUT2D eigenvalue weighted by Gasteiger charge is 2.32. The van der Waals surface area contributed by atoms with E-state index in [1.54, 1.807) is 23.9 Å². The number of aliphatic hydroxyl groups excluding tert-OH is 1. The third-order valence-electron chi connectivity index (χ3n) is 3.98. The van der Waals surface area contributed by atoms with Crippen molar-refractivity contribution < 1.29 is 14.7 Å². The molecule has 6 nitrogen and oxygen atoms in total. The Hall–Kier alpha value is -1.30. The fourth-order valence-corrected chi connectivity index (χ4v) is 2.64. The molecule has 108 valence electrons. The Morgan fingerprint density at radius 1 is 1.21 bits per heavy atom. The van der Waals surface area contributed by atoms with E-state index < -0.39 is 0 Å². The van der Waals surface area contributed by atoms with Gasteiger partial charge in [-0.25, -0.2) is 4.79 Å². The second-order valence-electron chi connectivity index (χ2n) is 5.77. The summed E-state index contributed by atoms with van der Waals surface area (Å²) in [5.41, 5.74) is 0. The van der Waals surface area contributed by atoms with E-state index in [1.807, 2.05) is 0 Å². The van der Waals surface area contributed by atoms with Gasteiger partial charge in [0.25, 0.3) is 0 Å². The molecule has 2 rings (SSSR count). The molecule has 2 N–H and O–H groups in total. The lowest BCUT2D eigenvalue weighted by atomic mass is 9.88. The lowest BCUT2D eigenvalue weighted by Crippen LogP contribution is -2.51. The largest absolute Gasteiger partial charge is 0.393 e. The van der Waals surface area contributed by atoms with Gasteiger partial charge in [0.05, 0.1) is 6.10 Å². The molecular weight excluding hydrogens is 246 g/mol. The summed E-state index contributed by atoms with van der Waals surface area (Å²) in [6.45, 7) is 1.28. The molecule has 0 bridgehead atoms. The Morgan fingerprint density at radius 2 is 1.79 bits per heavy atom. The van der Waals surface area contributed by atoms with Crippen LogP contribution in [0.1, 0.15) is 25.7 Å². The maximum atomic E-state index is 12.0. The van der Waals surface area contributed by atoms with Gasteiger partial charge in [-0.05, 0) is 25.7 Å². The van der Waals surface area contributed by atoms with Gasteiger partial charge in [-0.1, -0.05) is 0 Å². The van der Waals surface area contributed by atoms with Crippen LogP contribution >= 0.6 is 0 Å². The predicted molar refractivity (Wildman–Crippen MR) is 70.6 cm³/mol. The van der Waals surface area contributed by atoms with Crippen LogP contribution in [0.5, 0.6) is 0 Å². The zero-order chi connectivity index (χ0) is 14.0. The van der Waals surface area contributed by atoms with Gasteiger partial charge in [-0.3, -0.25) is 4.79 Å². The summed E-state index contributed by atoms with van der Waals surface area (Å²) in [4.78, 5) is 27.1. The van der Waals surface area contributed by atoms with Crippen LogP contribution in [0.15, 0.2) is 0 Å². The van der Waals surface area contributed by atoms with Crippen LogP contribution in [0.2, 0.25) is 0 Å². The number of rotatable bonds is 2. The molecule has 0 aromatic rings. The summed E-state index contributed by atoms with van der Waals surface area (Å²) in [5.74, 6) is 0.0813. The van der Waals surface area contributed by atoms with E-state index in [-0.39, 0.29) is 30.0 Å². The highest BCUT2D eigenvalue weighted by atomic mass is 16.3. The van der Waals surface area contributed by atoms with Crippen LogP contribution in [0.3, 0.4) is 0 Å². The second-order valence-corrected chi connectivity index (χ2v) is 5.77. The molecule has 2 aliphatic rings. The van der Waals surface area contributed by atoms with Crippen LogP contribution in [0.4, 0.5) is 4.79 Å². The summed E-state index contributed by atoms with van der Waals surface area (Å²) in [6.07, 6.45) is 2.54. The monoisotopic (exact) mass is 269 g/mol. The highest BCUT2D eigenvalue weighted by molar-refractivity contribution is 5.80. The molecule has 0 spiro atoms. The first-order chi connectivity index (χ1) is 8.97. The molecule has 1 saturated carbocycles. The predicted octanol–water partition coefficient (Wildman–Crippen LogP) is 0.0195. The third-order valence-corrected chi connectivity index (χ3v) is 3.98. The van der Waals surface area contributed by atoms with Crippen LogP contribution < -0.4 is 5.32 Å². The van der Waals surface area contributed by atoms with E-state index in [4.69, 9.17) is 0 Å². The second kappa shape index (κ2) is 5.77. The average molecular weight is 269 g/mol. The standard InChI is InChI=1S/C13H23N3O3/c1-15(2)13(19)16-5-3-9(4-6-16)12(18)14-10-7-11(17)8-10/h9-11,17H,3-8H2,1-2H3,(H,14,18). The number of carbonyl (C=O) groups is 2. The number of likely N-dealkylation sites (tertiary alicyclic amines) is 1. The minimum atomic E-state index is -0.245. The topological polar surface area (TPSA) is 72.9 Å². The van der Waals surface area contributed by atoms with E-state index in [0.717, 1.165) is 12.8 Å². The van der Waals surface area contributed by atoms with Gasteiger partial charge in [-0.2, -0.15) is 0 Å². The molecule has 0 radical (unpaired) electrons. The van der Waals surface area contributed by atoms with Gasteiger partial charge in [0.1, 0.15) is 0 Å². The zero-order valence-corrected chi connectivity index (χ0v) is 11.6. The smallest absolute Gasteiger partial charge is 0.319 e. The number of hydrogen-bond acceptors (Lipinski definition) is 3. The first-order valence-electron chi connectivity index (χ1n) is 6.92. The van der Waals surface area contributed by atoms with Crippen molar-refractivity contribution in [1.29, 1.82) is 0 Å². The molecule has 6 heteroatoms. The van der Waals surface area contributed by atoms with Crippen molar-refractivity contribution in [3.63, 3.8) is 0 Å². The molecule has 0 unspecified atom stereocenters. The lowest BCUT2D eigenvalue weighted by Gasteiger charge is -2.36. The van der Waals surface area contributed by atoms with E-state index >= 15 is 0 Å². The summed E-state index contributed by atoms with van der Waals surface area (Å²) < 4.78 is 0. The van der Waals surface area contributed by atoms with Gasteiger partial charge < -0.3 is 20.2 Å². The molecule has 1 aliphatic carbocycles. The number of urea groups is 1. The van der Waals surface area contributed by atoms with E-state index in [1.165, 1.54) is 0 Å². The van der Waals surface area contributed by atoms with Crippen molar-refractivity contribution in [2.45, 2.75) is 37.8 Å². The highest BCUT2D eigenvalue weighted by Crippen LogP contribution is 2.22. The number of piperidine rings is 1. The van der Waals surface area contributed by atoms with E-state index in [0.29, 0.717) is 25.9 Å². The van der Waals surface area contributed by atoms with Gasteiger partial charge in [0.15, 0.2) is 0 Å². The molecular formula is C13H23N3O3. The number of hydrogen-bond donors (Lipinski definition) is 2. The van der Waals surface area contributed by atoms with Crippen molar-refractivity contribution >= 4 is 11.9 Å². The normalized spacial score (nSPS) is 27.6. The number of nitrogens with zero attached hydrogens (tertiary/aromatic N) is 2. The minimum absolute atomic E-state index is 0.00366. The molecule has 0 atom stereocenters. The lowest BCUT2D eigenvalue weighted by molar-refractivity contribution is -0.128. The first-order valence-corrected chi connectivity index (χ1v) is 6.92. The molecule has 2 fully saturated rings. The zero-order valence-electron chi connectivity index (χ0n) is 11.6. The van der Waals surface area contributed by atoms with Crippen molar-refractivity contribution in [2.24, 2.45) is 5.92 Å². The van der Waals surface area contributed by atoms with Crippen molar-refractivity contribution in [3.05, 3.63) is 0 Å². The van der Waals surface area contributed by atoms with Crippen LogP contribution in [0, 0.1) is 5.92 Å². The number of amides is 3. The molecule has 0 aromatic heterocycles. The summed E-state index contributed by atoms with van der Waals surface area (Å²) in [6, 6.07) is 0.157. The van der Waals surface area contributed by atoms with Crippen LogP contribution in [0.25, 0.3) is 0 Å². The van der Waals surface area contributed by atoms with Crippen molar-refractivity contribution in [3.8, 4) is 0 Å². The molecule has 3 amide bonds. The van der Waals surface area contributed by atoms with Crippen LogP contribution in [-0.2, 0) is 4.79 Å². The van der Waals surface area contributed by atoms with Gasteiger partial charge in [0.2, 0.25) is 5.91 Å². The van der Waals surface area contributed by atoms with Crippen molar-refractivity contribution in [1.82, 2.24) is 15.1 Å². The molecule has 1 heterocycles. The third kappa shape index (κ3) is 3.37. The van der Waals surface area contributed by atoms with E-state index in [2.05, 4.69) is 5.32 Å². The molecule has 0 aromatic carbocycles. The van der Waals surface area contributed by atoms with Gasteiger partial charge in [0, 0.05) is 39.1 Å². The molecule has 1 aliphatic heterocycles. The Labute approximate surface area is 113 Å². The quantitative estimate of drug-likeness (QED) is 0.742. The summed E-state index contributed by atoms with van der Waals surface area (Å²) >= 11 is 0. The first kappa shape index (κ1) is 14.1. The maximum absolute atomic E-state index is 12.0.